The van der Waals surface area contributed by atoms with E-state index in [-0.39, 0.29) is 29.2 Å². The van der Waals surface area contributed by atoms with Crippen LogP contribution in [-0.2, 0) is 19.6 Å². The zero-order valence-corrected chi connectivity index (χ0v) is 15.5. The van der Waals surface area contributed by atoms with Crippen LogP contribution in [0.3, 0.4) is 0 Å². The topological polar surface area (TPSA) is 94.2 Å². The summed E-state index contributed by atoms with van der Waals surface area (Å²) in [5.74, 6) is 0.187. The summed E-state index contributed by atoms with van der Waals surface area (Å²) >= 11 is 0. The summed E-state index contributed by atoms with van der Waals surface area (Å²) in [5.41, 5.74) is 0. The minimum Gasteiger partial charge on any atom is -0.497 e. The Morgan fingerprint density at radius 3 is 2.72 bits per heavy atom. The Labute approximate surface area is 148 Å². The van der Waals surface area contributed by atoms with Crippen molar-refractivity contribution in [1.29, 1.82) is 0 Å². The van der Waals surface area contributed by atoms with Crippen molar-refractivity contribution in [3.63, 3.8) is 0 Å². The number of methoxy groups -OCH3 is 2. The smallest absolute Gasteiger partial charge is 0.247 e. The van der Waals surface area contributed by atoms with Gasteiger partial charge in [-0.15, -0.1) is 0 Å². The van der Waals surface area contributed by atoms with Gasteiger partial charge in [-0.2, -0.15) is 4.31 Å². The molecule has 1 N–H and O–H groups in total. The number of likely N-dealkylation sites (N-methyl/N-ethyl adjacent to an activating group) is 1. The first-order valence-electron chi connectivity index (χ1n) is 7.95. The molecule has 8 nitrogen and oxygen atoms in total. The minimum absolute atomic E-state index is 0.00402. The van der Waals surface area contributed by atoms with Gasteiger partial charge in [0.25, 0.3) is 0 Å². The van der Waals surface area contributed by atoms with Gasteiger partial charge >= 0.3 is 0 Å². The third kappa shape index (κ3) is 4.83. The minimum atomic E-state index is -3.91. The van der Waals surface area contributed by atoms with E-state index in [1.54, 1.807) is 6.07 Å². The van der Waals surface area contributed by atoms with Gasteiger partial charge in [0, 0.05) is 26.3 Å². The molecule has 9 heteroatoms. The summed E-state index contributed by atoms with van der Waals surface area (Å²) in [6.07, 6.45) is 1.88. The molecule has 1 saturated heterocycles. The highest BCUT2D eigenvalue weighted by atomic mass is 32.2. The number of carbonyl (C=O) groups is 1. The van der Waals surface area contributed by atoms with E-state index in [9.17, 15) is 13.2 Å². The first-order valence-corrected chi connectivity index (χ1v) is 9.39. The molecule has 0 saturated carbocycles. The molecule has 1 aromatic carbocycles. The van der Waals surface area contributed by atoms with Crippen molar-refractivity contribution in [3.8, 4) is 11.5 Å². The molecule has 0 radical (unpaired) electrons. The first-order chi connectivity index (χ1) is 11.9. The van der Waals surface area contributed by atoms with Gasteiger partial charge in [-0.25, -0.2) is 8.42 Å². The lowest BCUT2D eigenvalue weighted by molar-refractivity contribution is -0.121. The molecule has 0 unspecified atom stereocenters. The SMILES string of the molecule is COc1ccc(OC)c(S(=O)(=O)N(C)CC(=O)NC[C@H]2CCCO2)c1. The van der Waals surface area contributed by atoms with Crippen LogP contribution in [0, 0.1) is 0 Å². The predicted molar refractivity (Wildman–Crippen MR) is 91.3 cm³/mol. The van der Waals surface area contributed by atoms with E-state index in [1.165, 1.54) is 33.4 Å². The summed E-state index contributed by atoms with van der Waals surface area (Å²) in [6.45, 7) is 0.787. The number of hydrogen-bond donors (Lipinski definition) is 1. The third-order valence-electron chi connectivity index (χ3n) is 3.98. The normalized spacial score (nSPS) is 17.5. The van der Waals surface area contributed by atoms with E-state index >= 15 is 0 Å². The maximum Gasteiger partial charge on any atom is 0.247 e. The number of hydrogen-bond acceptors (Lipinski definition) is 6. The van der Waals surface area contributed by atoms with Crippen molar-refractivity contribution in [3.05, 3.63) is 18.2 Å². The van der Waals surface area contributed by atoms with E-state index in [0.29, 0.717) is 18.9 Å². The molecule has 0 bridgehead atoms. The highest BCUT2D eigenvalue weighted by Crippen LogP contribution is 2.30. The molecule has 25 heavy (non-hydrogen) atoms. The van der Waals surface area contributed by atoms with Gasteiger partial charge < -0.3 is 19.5 Å². The molecule has 1 fully saturated rings. The first kappa shape index (κ1) is 19.5. The molecule has 0 spiro atoms. The Morgan fingerprint density at radius 1 is 1.36 bits per heavy atom. The van der Waals surface area contributed by atoms with Crippen molar-refractivity contribution >= 4 is 15.9 Å². The molecule has 1 atom stereocenters. The number of nitrogens with zero attached hydrogens (tertiary/aromatic N) is 1. The van der Waals surface area contributed by atoms with Crippen LogP contribution in [0.15, 0.2) is 23.1 Å². The summed E-state index contributed by atoms with van der Waals surface area (Å²) < 4.78 is 42.1. The molecule has 1 aliphatic rings. The third-order valence-corrected chi connectivity index (χ3v) is 5.80. The molecule has 0 aromatic heterocycles. The largest absolute Gasteiger partial charge is 0.497 e. The van der Waals surface area contributed by atoms with Crippen LogP contribution in [0.4, 0.5) is 0 Å². The second-order valence-corrected chi connectivity index (χ2v) is 7.73. The van der Waals surface area contributed by atoms with Crippen molar-refractivity contribution in [2.75, 3.05) is 41.0 Å². The lowest BCUT2D eigenvalue weighted by Gasteiger charge is -2.19. The summed E-state index contributed by atoms with van der Waals surface area (Å²) in [4.78, 5) is 12.0. The molecule has 1 aromatic rings. The molecule has 2 rings (SSSR count). The Bertz CT molecular complexity index is 701. The summed E-state index contributed by atoms with van der Waals surface area (Å²) in [7, 11) is 0.266. The predicted octanol–water partition coefficient (Wildman–Crippen LogP) is 0.620. The molecule has 0 aliphatic carbocycles. The summed E-state index contributed by atoms with van der Waals surface area (Å²) in [5, 5.41) is 2.70. The zero-order chi connectivity index (χ0) is 18.4. The maximum absolute atomic E-state index is 12.8. The van der Waals surface area contributed by atoms with Gasteiger partial charge in [0.15, 0.2) is 0 Å². The van der Waals surface area contributed by atoms with Gasteiger partial charge in [-0.1, -0.05) is 0 Å². The lowest BCUT2D eigenvalue weighted by atomic mass is 10.2. The maximum atomic E-state index is 12.8. The van der Waals surface area contributed by atoms with E-state index in [1.807, 2.05) is 0 Å². The summed E-state index contributed by atoms with van der Waals surface area (Å²) in [6, 6.07) is 4.48. The number of rotatable bonds is 8. The number of carbonyl (C=O) groups excluding carboxylic acids is 1. The molecule has 1 aliphatic heterocycles. The average molecular weight is 372 g/mol. The van der Waals surface area contributed by atoms with Crippen LogP contribution in [0.2, 0.25) is 0 Å². The van der Waals surface area contributed by atoms with Crippen LogP contribution in [-0.4, -0.2) is 65.7 Å². The molecular weight excluding hydrogens is 348 g/mol. The monoisotopic (exact) mass is 372 g/mol. The van der Waals surface area contributed by atoms with Crippen molar-refractivity contribution in [1.82, 2.24) is 9.62 Å². The van der Waals surface area contributed by atoms with Gasteiger partial charge in [0.2, 0.25) is 15.9 Å². The Balaban J connectivity index is 2.06. The molecular formula is C16H24N2O6S. The number of amides is 1. The molecule has 1 heterocycles. The van der Waals surface area contributed by atoms with Gasteiger partial charge in [-0.05, 0) is 25.0 Å². The van der Waals surface area contributed by atoms with E-state index in [4.69, 9.17) is 14.2 Å². The van der Waals surface area contributed by atoms with Crippen LogP contribution >= 0.6 is 0 Å². The van der Waals surface area contributed by atoms with E-state index < -0.39 is 10.0 Å². The highest BCUT2D eigenvalue weighted by molar-refractivity contribution is 7.89. The van der Waals surface area contributed by atoms with Gasteiger partial charge in [-0.3, -0.25) is 4.79 Å². The van der Waals surface area contributed by atoms with Gasteiger partial charge in [0.05, 0.1) is 26.9 Å². The number of sulfonamides is 1. The van der Waals surface area contributed by atoms with Crippen molar-refractivity contribution < 1.29 is 27.4 Å². The van der Waals surface area contributed by atoms with E-state index in [2.05, 4.69) is 5.32 Å². The van der Waals surface area contributed by atoms with Gasteiger partial charge in [0.1, 0.15) is 16.4 Å². The van der Waals surface area contributed by atoms with Crippen LogP contribution in [0.1, 0.15) is 12.8 Å². The second kappa shape index (κ2) is 8.50. The second-order valence-electron chi connectivity index (χ2n) is 5.72. The average Bonchev–Trinajstić information content (AvgIpc) is 3.12. The lowest BCUT2D eigenvalue weighted by Crippen LogP contribution is -2.40. The van der Waals surface area contributed by atoms with E-state index in [0.717, 1.165) is 17.1 Å². The standard InChI is InChI=1S/C16H24N2O6S/c1-18(11-16(19)17-10-13-5-4-8-24-13)25(20,21)15-9-12(22-2)6-7-14(15)23-3/h6-7,9,13H,4-5,8,10-11H2,1-3H3,(H,17,19)/t13-/m1/s1. The van der Waals surface area contributed by atoms with Crippen LogP contribution in [0.25, 0.3) is 0 Å². The fourth-order valence-corrected chi connectivity index (χ4v) is 3.82. The Hall–Kier alpha value is -1.84. The van der Waals surface area contributed by atoms with Crippen molar-refractivity contribution in [2.24, 2.45) is 0 Å². The fraction of sp³-hybridized carbons (Fsp3) is 0.562. The van der Waals surface area contributed by atoms with Crippen LogP contribution in [0.5, 0.6) is 11.5 Å². The Morgan fingerprint density at radius 2 is 2.12 bits per heavy atom. The quantitative estimate of drug-likeness (QED) is 0.719. The van der Waals surface area contributed by atoms with Crippen molar-refractivity contribution in [2.45, 2.75) is 23.8 Å². The number of ether oxygens (including phenoxy) is 3. The molecule has 140 valence electrons. The fourth-order valence-electron chi connectivity index (χ4n) is 2.53. The Kier molecular flexibility index (Phi) is 6.63. The molecule has 1 amide bonds. The zero-order valence-electron chi connectivity index (χ0n) is 14.6. The highest BCUT2D eigenvalue weighted by Gasteiger charge is 2.27. The van der Waals surface area contributed by atoms with Crippen LogP contribution < -0.4 is 14.8 Å². The number of benzene rings is 1. The number of nitrogens with one attached hydrogen (secondary N) is 1.